The number of benzene rings is 1. The smallest absolute Gasteiger partial charge is 0.211 e. The molecule has 24 heavy (non-hydrogen) atoms. The van der Waals surface area contributed by atoms with Crippen molar-refractivity contribution in [3.05, 3.63) is 29.3 Å². The van der Waals surface area contributed by atoms with Gasteiger partial charge in [-0.05, 0) is 32.0 Å². The van der Waals surface area contributed by atoms with E-state index in [4.69, 9.17) is 22.9 Å². The molecule has 0 radical (unpaired) electrons. The van der Waals surface area contributed by atoms with Crippen LogP contribution in [-0.2, 0) is 0 Å². The normalized spacial score (nSPS) is 10.4. The molecular weight excluding hydrogens is 359 g/mol. The molecule has 1 aromatic rings. The first-order valence-corrected chi connectivity index (χ1v) is 5.90. The molecule has 0 bridgehead atoms. The van der Waals surface area contributed by atoms with Gasteiger partial charge in [-0.3, -0.25) is 0 Å². The van der Waals surface area contributed by atoms with Crippen LogP contribution in [-0.4, -0.2) is 33.9 Å². The minimum atomic E-state index is -0.153. The molecule has 0 atom stereocenters. The van der Waals surface area contributed by atoms with Gasteiger partial charge in [-0.15, -0.1) is 35.0 Å². The molecule has 136 valence electrons. The topological polar surface area (TPSA) is 205 Å². The molecule has 0 heterocycles. The van der Waals surface area contributed by atoms with Gasteiger partial charge in [0.1, 0.15) is 5.75 Å². The summed E-state index contributed by atoms with van der Waals surface area (Å²) in [7, 11) is 0. The summed E-state index contributed by atoms with van der Waals surface area (Å²) in [6, 6.07) is 4.80. The van der Waals surface area contributed by atoms with Gasteiger partial charge < -0.3 is 33.5 Å². The number of guanidine groups is 2. The van der Waals surface area contributed by atoms with Crippen LogP contribution < -0.4 is 22.9 Å². The van der Waals surface area contributed by atoms with Gasteiger partial charge in [-0.2, -0.15) is 10.2 Å². The van der Waals surface area contributed by atoms with Crippen LogP contribution in [0.25, 0.3) is 0 Å². The Morgan fingerprint density at radius 3 is 1.38 bits per heavy atom. The molecule has 0 saturated heterocycles. The SMILES string of the molecule is C/C(=N\N=C(N)N)c1cc(O)cc(/C(C)=N/N=C(N)N)c1.Cl.Cl.O. The molecule has 1 rings (SSSR count). The van der Waals surface area contributed by atoms with E-state index in [-0.39, 0.29) is 48.0 Å². The number of phenolic OH excluding ortho intramolecular Hbond substituents is 1. The van der Waals surface area contributed by atoms with Crippen molar-refractivity contribution in [1.29, 1.82) is 0 Å². The van der Waals surface area contributed by atoms with Gasteiger partial charge in [0.05, 0.1) is 11.4 Å². The van der Waals surface area contributed by atoms with E-state index in [9.17, 15) is 5.11 Å². The Kier molecular flexibility index (Phi) is 13.1. The van der Waals surface area contributed by atoms with Gasteiger partial charge in [-0.25, -0.2) is 0 Å². The largest absolute Gasteiger partial charge is 0.508 e. The average molecular weight is 381 g/mol. The lowest BCUT2D eigenvalue weighted by atomic mass is 10.0. The zero-order valence-corrected chi connectivity index (χ0v) is 14.7. The number of phenols is 1. The second-order valence-electron chi connectivity index (χ2n) is 4.19. The summed E-state index contributed by atoms with van der Waals surface area (Å²) in [5.74, 6) is -0.263. The standard InChI is InChI=1S/C12H18N8O.2ClH.H2O/c1-6(17-19-11(13)14)8-3-9(5-10(21)4-8)7(2)18-20-12(15)16;;;/h3-5,21H,1-2H3,(H4,13,14,19)(H4,15,16,20);2*1H;1H2/b17-6+,18-7+;;;. The molecule has 10 nitrogen and oxygen atoms in total. The van der Waals surface area contributed by atoms with Gasteiger partial charge in [-0.1, -0.05) is 0 Å². The molecule has 0 unspecified atom stereocenters. The Hall–Kier alpha value is -2.56. The van der Waals surface area contributed by atoms with E-state index >= 15 is 0 Å². The molecule has 0 spiro atoms. The van der Waals surface area contributed by atoms with Gasteiger partial charge in [0, 0.05) is 11.1 Å². The summed E-state index contributed by atoms with van der Waals surface area (Å²) in [5.41, 5.74) is 23.1. The Labute approximate surface area is 151 Å². The molecule has 0 aliphatic rings. The van der Waals surface area contributed by atoms with Crippen LogP contribution >= 0.6 is 24.8 Å². The molecule has 0 amide bonds. The number of halogens is 2. The van der Waals surface area contributed by atoms with Gasteiger partial charge in [0.25, 0.3) is 0 Å². The van der Waals surface area contributed by atoms with Crippen molar-refractivity contribution in [1.82, 2.24) is 0 Å². The molecule has 12 heteroatoms. The van der Waals surface area contributed by atoms with E-state index in [1.54, 1.807) is 19.9 Å². The molecule has 0 aromatic heterocycles. The highest BCUT2D eigenvalue weighted by Gasteiger charge is 2.06. The summed E-state index contributed by atoms with van der Waals surface area (Å²) in [6.07, 6.45) is 0. The maximum atomic E-state index is 9.77. The van der Waals surface area contributed by atoms with Crippen molar-refractivity contribution in [2.45, 2.75) is 13.8 Å². The van der Waals surface area contributed by atoms with Gasteiger partial charge in [0.15, 0.2) is 0 Å². The lowest BCUT2D eigenvalue weighted by molar-refractivity contribution is 0.475. The average Bonchev–Trinajstić information content (AvgIpc) is 2.41. The molecule has 1 aromatic carbocycles. The van der Waals surface area contributed by atoms with E-state index in [1.807, 2.05) is 0 Å². The van der Waals surface area contributed by atoms with Crippen molar-refractivity contribution in [2.75, 3.05) is 0 Å². The second-order valence-corrected chi connectivity index (χ2v) is 4.19. The Bertz CT molecular complexity index is 598. The Morgan fingerprint density at radius 2 is 1.08 bits per heavy atom. The van der Waals surface area contributed by atoms with E-state index in [0.717, 1.165) is 0 Å². The lowest BCUT2D eigenvalue weighted by Gasteiger charge is -2.05. The number of nitrogens with zero attached hydrogens (tertiary/aromatic N) is 4. The first kappa shape index (κ1) is 26.3. The fraction of sp³-hybridized carbons (Fsp3) is 0.167. The third-order valence-corrected chi connectivity index (χ3v) is 2.38. The van der Waals surface area contributed by atoms with Crippen LogP contribution in [0.2, 0.25) is 0 Å². The molecular formula is C12H22Cl2N8O2. The van der Waals surface area contributed by atoms with E-state index in [2.05, 4.69) is 20.4 Å². The highest BCUT2D eigenvalue weighted by molar-refractivity contribution is 6.04. The Morgan fingerprint density at radius 1 is 0.750 bits per heavy atom. The summed E-state index contributed by atoms with van der Waals surface area (Å²) in [4.78, 5) is 0. The highest BCUT2D eigenvalue weighted by atomic mass is 35.5. The lowest BCUT2D eigenvalue weighted by Crippen LogP contribution is -2.22. The third-order valence-electron chi connectivity index (χ3n) is 2.38. The van der Waals surface area contributed by atoms with Gasteiger partial charge in [0.2, 0.25) is 11.9 Å². The van der Waals surface area contributed by atoms with Crippen LogP contribution in [0.5, 0.6) is 5.75 Å². The maximum Gasteiger partial charge on any atom is 0.211 e. The van der Waals surface area contributed by atoms with E-state index in [0.29, 0.717) is 22.6 Å². The van der Waals surface area contributed by atoms with Crippen molar-refractivity contribution in [2.24, 2.45) is 43.3 Å². The molecule has 0 fully saturated rings. The fourth-order valence-electron chi connectivity index (χ4n) is 1.41. The zero-order chi connectivity index (χ0) is 16.0. The monoisotopic (exact) mass is 380 g/mol. The summed E-state index contributed by atoms with van der Waals surface area (Å²) >= 11 is 0. The fourth-order valence-corrected chi connectivity index (χ4v) is 1.41. The summed E-state index contributed by atoms with van der Waals surface area (Å²) < 4.78 is 0. The predicted molar refractivity (Wildman–Crippen MR) is 102 cm³/mol. The first-order valence-electron chi connectivity index (χ1n) is 5.90. The number of nitrogens with two attached hydrogens (primary N) is 4. The minimum absolute atomic E-state index is 0. The highest BCUT2D eigenvalue weighted by Crippen LogP contribution is 2.17. The number of hydrogen-bond donors (Lipinski definition) is 5. The van der Waals surface area contributed by atoms with Crippen LogP contribution in [0.3, 0.4) is 0 Å². The number of hydrogen-bond acceptors (Lipinski definition) is 5. The van der Waals surface area contributed by atoms with Crippen molar-refractivity contribution in [3.63, 3.8) is 0 Å². The van der Waals surface area contributed by atoms with Crippen LogP contribution in [0.15, 0.2) is 38.6 Å². The van der Waals surface area contributed by atoms with Crippen molar-refractivity contribution >= 4 is 48.2 Å². The van der Waals surface area contributed by atoms with Crippen molar-refractivity contribution < 1.29 is 10.6 Å². The maximum absolute atomic E-state index is 9.77. The van der Waals surface area contributed by atoms with E-state index in [1.165, 1.54) is 12.1 Å². The molecule has 0 aliphatic heterocycles. The molecule has 11 N–H and O–H groups in total. The van der Waals surface area contributed by atoms with Crippen LogP contribution in [0, 0.1) is 0 Å². The van der Waals surface area contributed by atoms with Crippen LogP contribution in [0.1, 0.15) is 25.0 Å². The van der Waals surface area contributed by atoms with Crippen molar-refractivity contribution in [3.8, 4) is 5.75 Å². The first-order chi connectivity index (χ1) is 9.79. The van der Waals surface area contributed by atoms with Crippen LogP contribution in [0.4, 0.5) is 0 Å². The summed E-state index contributed by atoms with van der Waals surface area (Å²) in [6.45, 7) is 3.40. The second kappa shape index (κ2) is 11.9. The number of rotatable bonds is 4. The van der Waals surface area contributed by atoms with Gasteiger partial charge >= 0.3 is 0 Å². The van der Waals surface area contributed by atoms with E-state index < -0.39 is 0 Å². The Balaban J connectivity index is -0.00000147. The number of aromatic hydroxyl groups is 1. The zero-order valence-electron chi connectivity index (χ0n) is 13.1. The predicted octanol–water partition coefficient (Wildman–Crippen LogP) is -0.594. The quantitative estimate of drug-likeness (QED) is 0.262. The minimum Gasteiger partial charge on any atom is -0.508 e. The molecule has 0 saturated carbocycles. The molecule has 0 aliphatic carbocycles. The third kappa shape index (κ3) is 8.78. The summed E-state index contributed by atoms with van der Waals surface area (Å²) in [5, 5.41) is 24.6.